The summed E-state index contributed by atoms with van der Waals surface area (Å²) in [5, 5.41) is 8.41. The Morgan fingerprint density at radius 1 is 1.11 bits per heavy atom. The average molecular weight is 402 g/mol. The fourth-order valence-electron chi connectivity index (χ4n) is 1.93. The minimum atomic E-state index is -4.85. The van der Waals surface area contributed by atoms with Crippen molar-refractivity contribution in [2.75, 3.05) is 4.72 Å². The minimum absolute atomic E-state index is 0.0325. The first-order valence-corrected chi connectivity index (χ1v) is 8.68. The Morgan fingerprint density at radius 3 is 2.37 bits per heavy atom. The van der Waals surface area contributed by atoms with Gasteiger partial charge in [0.25, 0.3) is 15.9 Å². The van der Waals surface area contributed by atoms with Gasteiger partial charge in [0, 0.05) is 11.8 Å². The van der Waals surface area contributed by atoms with Crippen molar-refractivity contribution in [2.45, 2.75) is 11.3 Å². The van der Waals surface area contributed by atoms with E-state index in [-0.39, 0.29) is 10.6 Å². The number of alkyl halides is 3. The third-order valence-electron chi connectivity index (χ3n) is 3.05. The van der Waals surface area contributed by atoms with Crippen molar-refractivity contribution in [3.05, 3.63) is 60.2 Å². The lowest BCUT2D eigenvalue weighted by Gasteiger charge is -2.11. The number of carbonyl (C=O) groups excluding carboxylic acids is 1. The second-order valence-corrected chi connectivity index (χ2v) is 6.74. The van der Waals surface area contributed by atoms with Gasteiger partial charge >= 0.3 is 6.36 Å². The van der Waals surface area contributed by atoms with E-state index in [2.05, 4.69) is 9.46 Å². The molecule has 2 aromatic rings. The first kappa shape index (κ1) is 20.3. The standard InChI is InChI=1S/C16H13F3N2O5S/c17-16(18,19)26-13-7-5-12(6-8-13)21-27(24,25)14-3-1-2-11(10-14)4-9-15(22)20-23/h1-10,21,23H,(H,20,22). The van der Waals surface area contributed by atoms with E-state index in [1.807, 2.05) is 0 Å². The third-order valence-corrected chi connectivity index (χ3v) is 4.42. The molecule has 0 aliphatic carbocycles. The van der Waals surface area contributed by atoms with Gasteiger partial charge in [0.1, 0.15) is 5.75 Å². The Kier molecular flexibility index (Phi) is 6.08. The van der Waals surface area contributed by atoms with Gasteiger partial charge in [0.05, 0.1) is 4.90 Å². The summed E-state index contributed by atoms with van der Waals surface area (Å²) in [7, 11) is -4.02. The van der Waals surface area contributed by atoms with Crippen LogP contribution in [0.2, 0.25) is 0 Å². The Bertz CT molecular complexity index is 941. The van der Waals surface area contributed by atoms with E-state index >= 15 is 0 Å². The SMILES string of the molecule is O=C(C=Cc1cccc(S(=O)(=O)Nc2ccc(OC(F)(F)F)cc2)c1)NO. The van der Waals surface area contributed by atoms with E-state index in [9.17, 15) is 26.4 Å². The fraction of sp³-hybridized carbons (Fsp3) is 0.0625. The molecule has 0 aromatic heterocycles. The lowest BCUT2D eigenvalue weighted by molar-refractivity contribution is -0.274. The smallest absolute Gasteiger partial charge is 0.406 e. The number of benzene rings is 2. The number of amides is 1. The number of hydrogen-bond acceptors (Lipinski definition) is 5. The van der Waals surface area contributed by atoms with Gasteiger partial charge in [0.2, 0.25) is 0 Å². The van der Waals surface area contributed by atoms with E-state index in [0.717, 1.165) is 30.3 Å². The van der Waals surface area contributed by atoms with Crippen LogP contribution in [0.4, 0.5) is 18.9 Å². The van der Waals surface area contributed by atoms with E-state index < -0.39 is 28.0 Å². The summed E-state index contributed by atoms with van der Waals surface area (Å²) >= 11 is 0. The monoisotopic (exact) mass is 402 g/mol. The maximum atomic E-state index is 12.4. The molecule has 0 fully saturated rings. The molecule has 0 bridgehead atoms. The van der Waals surface area contributed by atoms with Gasteiger partial charge in [-0.1, -0.05) is 12.1 Å². The number of nitrogens with one attached hydrogen (secondary N) is 2. The highest BCUT2D eigenvalue weighted by molar-refractivity contribution is 7.92. The number of hydrogen-bond donors (Lipinski definition) is 3. The summed E-state index contributed by atoms with van der Waals surface area (Å²) in [6.07, 6.45) is -2.56. The molecule has 0 heterocycles. The van der Waals surface area contributed by atoms with E-state index in [0.29, 0.717) is 5.56 Å². The molecule has 144 valence electrons. The lowest BCUT2D eigenvalue weighted by atomic mass is 10.2. The first-order valence-electron chi connectivity index (χ1n) is 7.20. The van der Waals surface area contributed by atoms with Gasteiger partial charge in [0.15, 0.2) is 0 Å². The van der Waals surface area contributed by atoms with Crippen molar-refractivity contribution >= 4 is 27.7 Å². The second kappa shape index (κ2) is 8.10. The van der Waals surface area contributed by atoms with Crippen LogP contribution < -0.4 is 14.9 Å². The lowest BCUT2D eigenvalue weighted by Crippen LogP contribution is -2.17. The van der Waals surface area contributed by atoms with Crippen LogP contribution in [0.5, 0.6) is 5.75 Å². The van der Waals surface area contributed by atoms with Gasteiger partial charge in [-0.05, 0) is 48.0 Å². The van der Waals surface area contributed by atoms with Crippen molar-refractivity contribution in [3.8, 4) is 5.75 Å². The predicted molar refractivity (Wildman–Crippen MR) is 89.3 cm³/mol. The quantitative estimate of drug-likeness (QED) is 0.392. The van der Waals surface area contributed by atoms with Crippen molar-refractivity contribution in [1.82, 2.24) is 5.48 Å². The highest BCUT2D eigenvalue weighted by atomic mass is 32.2. The molecule has 0 radical (unpaired) electrons. The Morgan fingerprint density at radius 2 is 1.78 bits per heavy atom. The number of sulfonamides is 1. The molecule has 7 nitrogen and oxygen atoms in total. The molecule has 0 aliphatic rings. The molecule has 0 aliphatic heterocycles. The van der Waals surface area contributed by atoms with Crippen LogP contribution in [-0.2, 0) is 14.8 Å². The van der Waals surface area contributed by atoms with Crippen LogP contribution in [0.3, 0.4) is 0 Å². The topological polar surface area (TPSA) is 105 Å². The number of halogens is 3. The van der Waals surface area contributed by atoms with Crippen LogP contribution in [0.25, 0.3) is 6.08 Å². The summed E-state index contributed by atoms with van der Waals surface area (Å²) in [4.78, 5) is 10.8. The highest BCUT2D eigenvalue weighted by Crippen LogP contribution is 2.25. The Labute approximate surface area is 152 Å². The first-order chi connectivity index (χ1) is 12.6. The summed E-state index contributed by atoms with van der Waals surface area (Å²) in [6.45, 7) is 0. The maximum Gasteiger partial charge on any atom is 0.573 e. The van der Waals surface area contributed by atoms with Gasteiger partial charge in [-0.2, -0.15) is 0 Å². The Balaban J connectivity index is 2.17. The number of anilines is 1. The van der Waals surface area contributed by atoms with E-state index in [4.69, 9.17) is 5.21 Å². The summed E-state index contributed by atoms with van der Waals surface area (Å²) in [5.41, 5.74) is 1.80. The average Bonchev–Trinajstić information content (AvgIpc) is 2.60. The van der Waals surface area contributed by atoms with Crippen LogP contribution in [0.1, 0.15) is 5.56 Å². The van der Waals surface area contributed by atoms with Crippen LogP contribution >= 0.6 is 0 Å². The Hall–Kier alpha value is -3.05. The number of ether oxygens (including phenoxy) is 1. The maximum absolute atomic E-state index is 12.4. The molecule has 0 saturated heterocycles. The van der Waals surface area contributed by atoms with E-state index in [1.54, 1.807) is 0 Å². The van der Waals surface area contributed by atoms with Crippen molar-refractivity contribution in [3.63, 3.8) is 0 Å². The molecule has 1 amide bonds. The normalized spacial score (nSPS) is 12.0. The van der Waals surface area contributed by atoms with Crippen molar-refractivity contribution < 1.29 is 36.3 Å². The van der Waals surface area contributed by atoms with E-state index in [1.165, 1.54) is 35.8 Å². The molecule has 0 atom stereocenters. The molecule has 27 heavy (non-hydrogen) atoms. The van der Waals surface area contributed by atoms with Gasteiger partial charge < -0.3 is 4.74 Å². The largest absolute Gasteiger partial charge is 0.573 e. The molecule has 2 rings (SSSR count). The zero-order valence-electron chi connectivity index (χ0n) is 13.4. The predicted octanol–water partition coefficient (Wildman–Crippen LogP) is 2.90. The molecule has 3 N–H and O–H groups in total. The molecule has 0 spiro atoms. The third kappa shape index (κ3) is 6.31. The van der Waals surface area contributed by atoms with Gasteiger partial charge in [-0.3, -0.25) is 14.7 Å². The molecular weight excluding hydrogens is 389 g/mol. The summed E-state index contributed by atoms with van der Waals surface area (Å²) in [6, 6.07) is 9.71. The van der Waals surface area contributed by atoms with Crippen LogP contribution in [0, 0.1) is 0 Å². The van der Waals surface area contributed by atoms with Gasteiger partial charge in [-0.25, -0.2) is 13.9 Å². The fourth-order valence-corrected chi connectivity index (χ4v) is 3.05. The van der Waals surface area contributed by atoms with Crippen LogP contribution in [-0.4, -0.2) is 25.9 Å². The van der Waals surface area contributed by atoms with Crippen LogP contribution in [0.15, 0.2) is 59.5 Å². The summed E-state index contributed by atoms with van der Waals surface area (Å²) < 4.78 is 67.1. The van der Waals surface area contributed by atoms with Crippen molar-refractivity contribution in [2.24, 2.45) is 0 Å². The molecule has 0 saturated carbocycles. The number of carbonyl (C=O) groups is 1. The summed E-state index contributed by atoms with van der Waals surface area (Å²) in [5.74, 6) is -1.28. The second-order valence-electron chi connectivity index (χ2n) is 5.06. The highest BCUT2D eigenvalue weighted by Gasteiger charge is 2.31. The molecule has 2 aromatic carbocycles. The molecule has 11 heteroatoms. The number of hydroxylamine groups is 1. The van der Waals surface area contributed by atoms with Gasteiger partial charge in [-0.15, -0.1) is 13.2 Å². The zero-order chi connectivity index (χ0) is 20.1. The minimum Gasteiger partial charge on any atom is -0.406 e. The molecular formula is C16H13F3N2O5S. The number of rotatable bonds is 6. The zero-order valence-corrected chi connectivity index (χ0v) is 14.2. The molecule has 0 unspecified atom stereocenters. The van der Waals surface area contributed by atoms with Crippen molar-refractivity contribution in [1.29, 1.82) is 0 Å².